The lowest BCUT2D eigenvalue weighted by Crippen LogP contribution is -2.50. The highest BCUT2D eigenvalue weighted by atomic mass is 16.5. The highest BCUT2D eigenvalue weighted by molar-refractivity contribution is 6.00. The molecule has 0 atom stereocenters. The van der Waals surface area contributed by atoms with Gasteiger partial charge in [-0.15, -0.1) is 0 Å². The summed E-state index contributed by atoms with van der Waals surface area (Å²) in [5.41, 5.74) is 1.64. The zero-order valence-corrected chi connectivity index (χ0v) is 17.2. The van der Waals surface area contributed by atoms with E-state index in [1.807, 2.05) is 29.2 Å². The molecule has 3 amide bonds. The lowest BCUT2D eigenvalue weighted by atomic mass is 10.0. The number of anilines is 1. The second kappa shape index (κ2) is 9.73. The third kappa shape index (κ3) is 5.26. The van der Waals surface area contributed by atoms with Gasteiger partial charge in [0.25, 0.3) is 5.91 Å². The summed E-state index contributed by atoms with van der Waals surface area (Å²) in [6.07, 6.45) is 1.66. The molecule has 0 aliphatic carbocycles. The molecule has 1 aromatic rings. The van der Waals surface area contributed by atoms with Crippen LogP contribution in [-0.4, -0.2) is 86.5 Å². The van der Waals surface area contributed by atoms with Crippen LogP contribution >= 0.6 is 0 Å². The fourth-order valence-electron chi connectivity index (χ4n) is 3.99. The topological polar surface area (TPSA) is 82.2 Å². The molecule has 0 spiro atoms. The summed E-state index contributed by atoms with van der Waals surface area (Å²) in [5, 5.41) is 3.00. The van der Waals surface area contributed by atoms with Crippen LogP contribution in [0.2, 0.25) is 0 Å². The van der Waals surface area contributed by atoms with Gasteiger partial charge < -0.3 is 24.8 Å². The van der Waals surface area contributed by atoms with Gasteiger partial charge in [-0.3, -0.25) is 14.4 Å². The first-order valence-corrected chi connectivity index (χ1v) is 10.2. The summed E-state index contributed by atoms with van der Waals surface area (Å²) in [7, 11) is 1.51. The van der Waals surface area contributed by atoms with E-state index in [-0.39, 0.29) is 30.4 Å². The molecule has 8 nitrogen and oxygen atoms in total. The largest absolute Gasteiger partial charge is 0.375 e. The Morgan fingerprint density at radius 1 is 1.00 bits per heavy atom. The van der Waals surface area contributed by atoms with Gasteiger partial charge in [-0.25, -0.2) is 0 Å². The van der Waals surface area contributed by atoms with E-state index >= 15 is 0 Å². The van der Waals surface area contributed by atoms with Crippen molar-refractivity contribution in [3.8, 4) is 0 Å². The summed E-state index contributed by atoms with van der Waals surface area (Å²) in [6, 6.07) is 7.84. The molecule has 2 aliphatic rings. The maximum Gasteiger partial charge on any atom is 0.256 e. The molecule has 0 unspecified atom stereocenters. The van der Waals surface area contributed by atoms with Gasteiger partial charge in [0.2, 0.25) is 11.8 Å². The Balaban J connectivity index is 1.62. The van der Waals surface area contributed by atoms with Crippen LogP contribution in [0.5, 0.6) is 0 Å². The van der Waals surface area contributed by atoms with Crippen molar-refractivity contribution >= 4 is 23.4 Å². The van der Waals surface area contributed by atoms with Crippen LogP contribution < -0.4 is 10.2 Å². The molecule has 2 saturated heterocycles. The minimum absolute atomic E-state index is 0.0133. The molecule has 0 radical (unpaired) electrons. The smallest absolute Gasteiger partial charge is 0.256 e. The van der Waals surface area contributed by atoms with Gasteiger partial charge in [0.1, 0.15) is 6.61 Å². The Morgan fingerprint density at radius 3 is 2.24 bits per heavy atom. The average Bonchev–Trinajstić information content (AvgIpc) is 2.74. The number of nitrogens with one attached hydrogen (secondary N) is 1. The monoisotopic (exact) mass is 402 g/mol. The number of amides is 3. The number of carbonyl (C=O) groups is 3. The predicted molar refractivity (Wildman–Crippen MR) is 110 cm³/mol. The van der Waals surface area contributed by atoms with Crippen LogP contribution in [0.1, 0.15) is 30.1 Å². The van der Waals surface area contributed by atoms with E-state index in [0.29, 0.717) is 31.7 Å². The maximum absolute atomic E-state index is 13.1. The number of hydrogen-bond donors (Lipinski definition) is 1. The van der Waals surface area contributed by atoms with Gasteiger partial charge in [-0.2, -0.15) is 0 Å². The van der Waals surface area contributed by atoms with Crippen molar-refractivity contribution < 1.29 is 19.1 Å². The number of hydrogen-bond acceptors (Lipinski definition) is 5. The van der Waals surface area contributed by atoms with E-state index in [9.17, 15) is 14.4 Å². The molecule has 2 heterocycles. The zero-order valence-electron chi connectivity index (χ0n) is 17.2. The molecule has 1 N–H and O–H groups in total. The maximum atomic E-state index is 13.1. The van der Waals surface area contributed by atoms with Gasteiger partial charge in [0.15, 0.2) is 0 Å². The Bertz CT molecular complexity index is 738. The van der Waals surface area contributed by atoms with Crippen LogP contribution in [-0.2, 0) is 14.3 Å². The summed E-state index contributed by atoms with van der Waals surface area (Å²) in [4.78, 5) is 42.2. The van der Waals surface area contributed by atoms with Crippen LogP contribution in [0, 0.1) is 0 Å². The number of carbonyl (C=O) groups excluding carboxylic acids is 3. The van der Waals surface area contributed by atoms with Crippen LogP contribution in [0.3, 0.4) is 0 Å². The third-order valence-electron chi connectivity index (χ3n) is 5.62. The van der Waals surface area contributed by atoms with Crippen molar-refractivity contribution in [3.63, 3.8) is 0 Å². The Morgan fingerprint density at radius 2 is 1.62 bits per heavy atom. The van der Waals surface area contributed by atoms with Gasteiger partial charge in [0, 0.05) is 65.0 Å². The van der Waals surface area contributed by atoms with E-state index in [0.717, 1.165) is 31.6 Å². The first kappa shape index (κ1) is 21.1. The Hall–Kier alpha value is -2.61. The molecule has 29 heavy (non-hydrogen) atoms. The van der Waals surface area contributed by atoms with Crippen molar-refractivity contribution in [2.24, 2.45) is 0 Å². The van der Waals surface area contributed by atoms with E-state index < -0.39 is 0 Å². The summed E-state index contributed by atoms with van der Waals surface area (Å²) in [5.74, 6) is -0.0245. The Labute approximate surface area is 171 Å². The van der Waals surface area contributed by atoms with Crippen molar-refractivity contribution in [2.75, 3.05) is 57.9 Å². The quantitative estimate of drug-likeness (QED) is 0.785. The molecule has 0 aromatic heterocycles. The van der Waals surface area contributed by atoms with Crippen LogP contribution in [0.25, 0.3) is 0 Å². The molecular formula is C21H30N4O4. The van der Waals surface area contributed by atoms with Gasteiger partial charge in [-0.05, 0) is 25.0 Å². The van der Waals surface area contributed by atoms with E-state index in [1.54, 1.807) is 11.8 Å². The highest BCUT2D eigenvalue weighted by Crippen LogP contribution is 2.26. The van der Waals surface area contributed by atoms with Gasteiger partial charge >= 0.3 is 0 Å². The highest BCUT2D eigenvalue weighted by Gasteiger charge is 2.27. The van der Waals surface area contributed by atoms with Crippen molar-refractivity contribution in [1.82, 2.24) is 15.1 Å². The predicted octanol–water partition coefficient (Wildman–Crippen LogP) is 0.722. The Kier molecular flexibility index (Phi) is 7.09. The van der Waals surface area contributed by atoms with Crippen molar-refractivity contribution in [1.29, 1.82) is 0 Å². The van der Waals surface area contributed by atoms with E-state index in [1.165, 1.54) is 7.11 Å². The first-order valence-electron chi connectivity index (χ1n) is 10.2. The average molecular weight is 402 g/mol. The number of ether oxygens (including phenoxy) is 1. The minimum Gasteiger partial charge on any atom is -0.375 e. The minimum atomic E-state index is -0.0915. The number of benzene rings is 1. The van der Waals surface area contributed by atoms with Gasteiger partial charge in [0.05, 0.1) is 5.56 Å². The normalized spacial score (nSPS) is 17.9. The van der Waals surface area contributed by atoms with E-state index in [2.05, 4.69) is 10.2 Å². The molecule has 2 aliphatic heterocycles. The second-order valence-corrected chi connectivity index (χ2v) is 7.58. The number of piperazine rings is 1. The fraction of sp³-hybridized carbons (Fsp3) is 0.571. The van der Waals surface area contributed by atoms with Crippen LogP contribution in [0.4, 0.5) is 5.69 Å². The van der Waals surface area contributed by atoms with Gasteiger partial charge in [-0.1, -0.05) is 12.1 Å². The summed E-state index contributed by atoms with van der Waals surface area (Å²) in [6.45, 7) is 5.47. The number of para-hydroxylation sites is 1. The van der Waals surface area contributed by atoms with Crippen LogP contribution in [0.15, 0.2) is 24.3 Å². The molecule has 0 saturated carbocycles. The standard InChI is InChI=1S/C21H30N4O4/c1-16(26)23-11-13-25(14-12-23)21(28)18-5-3-4-6-19(18)24-9-7-17(8-10-24)22-20(27)15-29-2/h3-6,17H,7-15H2,1-2H3,(H,22,27). The molecular weight excluding hydrogens is 372 g/mol. The summed E-state index contributed by atoms with van der Waals surface area (Å²) < 4.78 is 4.87. The van der Waals surface area contributed by atoms with Crippen molar-refractivity contribution in [2.45, 2.75) is 25.8 Å². The lowest BCUT2D eigenvalue weighted by Gasteiger charge is -2.37. The molecule has 0 bridgehead atoms. The lowest BCUT2D eigenvalue weighted by molar-refractivity contribution is -0.130. The zero-order chi connectivity index (χ0) is 20.8. The number of nitrogens with zero attached hydrogens (tertiary/aromatic N) is 3. The van der Waals surface area contributed by atoms with Crippen molar-refractivity contribution in [3.05, 3.63) is 29.8 Å². The molecule has 158 valence electrons. The molecule has 8 heteroatoms. The molecule has 1 aromatic carbocycles. The number of piperidine rings is 1. The number of methoxy groups -OCH3 is 1. The summed E-state index contributed by atoms with van der Waals surface area (Å²) >= 11 is 0. The van der Waals surface area contributed by atoms with E-state index in [4.69, 9.17) is 4.74 Å². The SMILES string of the molecule is COCC(=O)NC1CCN(c2ccccc2C(=O)N2CCN(C(C)=O)CC2)CC1. The third-order valence-corrected chi connectivity index (χ3v) is 5.62. The fourth-order valence-corrected chi connectivity index (χ4v) is 3.99. The number of rotatable bonds is 5. The second-order valence-electron chi connectivity index (χ2n) is 7.58. The molecule has 2 fully saturated rings. The first-order chi connectivity index (χ1) is 14.0. The molecule has 3 rings (SSSR count).